The van der Waals surface area contributed by atoms with Crippen molar-refractivity contribution < 1.29 is 38.1 Å². The second kappa shape index (κ2) is 19.6. The van der Waals surface area contributed by atoms with Crippen LogP contribution in [0.15, 0.2) is 133 Å². The van der Waals surface area contributed by atoms with Crippen LogP contribution in [0.1, 0.15) is 22.3 Å². The highest BCUT2D eigenvalue weighted by atomic mass is 16.6. The molecule has 48 heavy (non-hydrogen) atoms. The SMILES string of the molecule is O=C(/C=C/C(=O)OC[C@H](Cc1ccccc1)NC(=O)OCc1ccccc1)OC[C@H](Cc1ccccc1)NC(=O)OCc1ccccc1. The maximum absolute atomic E-state index is 12.5. The first-order valence-corrected chi connectivity index (χ1v) is 15.5. The third kappa shape index (κ3) is 13.6. The van der Waals surface area contributed by atoms with Crippen LogP contribution < -0.4 is 10.6 Å². The molecule has 0 spiro atoms. The molecule has 4 aromatic carbocycles. The number of benzene rings is 4. The lowest BCUT2D eigenvalue weighted by atomic mass is 10.1. The van der Waals surface area contributed by atoms with Crippen molar-refractivity contribution in [1.82, 2.24) is 10.6 Å². The summed E-state index contributed by atoms with van der Waals surface area (Å²) in [5.74, 6) is -1.60. The summed E-state index contributed by atoms with van der Waals surface area (Å²) in [6.45, 7) is -0.151. The zero-order valence-electron chi connectivity index (χ0n) is 26.4. The van der Waals surface area contributed by atoms with E-state index < -0.39 is 36.2 Å². The van der Waals surface area contributed by atoms with Crippen molar-refractivity contribution in [2.24, 2.45) is 0 Å². The molecular weight excluding hydrogens is 612 g/mol. The lowest BCUT2D eigenvalue weighted by Crippen LogP contribution is -2.40. The Morgan fingerprint density at radius 2 is 0.771 bits per heavy atom. The fourth-order valence-corrected chi connectivity index (χ4v) is 4.56. The lowest BCUT2D eigenvalue weighted by Gasteiger charge is -2.19. The number of carbonyl (C=O) groups is 4. The fraction of sp³-hybridized carbons (Fsp3) is 0.211. The molecule has 4 rings (SSSR count). The van der Waals surface area contributed by atoms with Crippen molar-refractivity contribution in [3.8, 4) is 0 Å². The minimum atomic E-state index is -0.798. The standard InChI is InChI=1S/C38H38N2O8/c41-35(45-27-33(23-29-13-5-1-6-14-29)39-37(43)47-25-31-17-9-3-10-18-31)21-22-36(42)46-28-34(24-30-15-7-2-8-16-30)40-38(44)48-26-32-19-11-4-12-20-32/h1-22,33-34H,23-28H2,(H,39,43)(H,40,44)/b22-21+/t33-,34-/m0/s1. The first-order valence-electron chi connectivity index (χ1n) is 15.5. The van der Waals surface area contributed by atoms with Crippen molar-refractivity contribution in [2.45, 2.75) is 38.1 Å². The highest BCUT2D eigenvalue weighted by molar-refractivity contribution is 5.91. The van der Waals surface area contributed by atoms with Gasteiger partial charge in [-0.2, -0.15) is 0 Å². The minimum absolute atomic E-state index is 0.0893. The van der Waals surface area contributed by atoms with Crippen LogP contribution in [-0.2, 0) is 54.6 Å². The van der Waals surface area contributed by atoms with E-state index >= 15 is 0 Å². The Bertz CT molecular complexity index is 1480. The molecule has 10 nitrogen and oxygen atoms in total. The summed E-state index contributed by atoms with van der Waals surface area (Å²) in [6.07, 6.45) is 1.34. The lowest BCUT2D eigenvalue weighted by molar-refractivity contribution is -0.141. The van der Waals surface area contributed by atoms with E-state index in [0.717, 1.165) is 34.4 Å². The largest absolute Gasteiger partial charge is 0.460 e. The molecular formula is C38H38N2O8. The van der Waals surface area contributed by atoms with Crippen LogP contribution in [0.5, 0.6) is 0 Å². The summed E-state index contributed by atoms with van der Waals surface area (Å²) in [4.78, 5) is 50.0. The van der Waals surface area contributed by atoms with Gasteiger partial charge in [0, 0.05) is 12.2 Å². The van der Waals surface area contributed by atoms with Crippen molar-refractivity contribution in [1.29, 1.82) is 0 Å². The van der Waals surface area contributed by atoms with E-state index in [0.29, 0.717) is 12.8 Å². The summed E-state index contributed by atoms with van der Waals surface area (Å²) in [6, 6.07) is 36.1. The van der Waals surface area contributed by atoms with Crippen molar-refractivity contribution in [2.75, 3.05) is 13.2 Å². The molecule has 0 saturated heterocycles. The quantitative estimate of drug-likeness (QED) is 0.0898. The van der Waals surface area contributed by atoms with E-state index in [1.54, 1.807) is 0 Å². The van der Waals surface area contributed by atoms with E-state index in [9.17, 15) is 19.2 Å². The average Bonchev–Trinajstić information content (AvgIpc) is 3.12. The maximum atomic E-state index is 12.5. The summed E-state index contributed by atoms with van der Waals surface area (Å²) < 4.78 is 21.3. The number of hydrogen-bond acceptors (Lipinski definition) is 8. The minimum Gasteiger partial charge on any atom is -0.460 e. The van der Waals surface area contributed by atoms with Gasteiger partial charge in [0.25, 0.3) is 0 Å². The predicted molar refractivity (Wildman–Crippen MR) is 178 cm³/mol. The molecule has 0 aliphatic heterocycles. The van der Waals surface area contributed by atoms with Gasteiger partial charge in [-0.05, 0) is 35.1 Å². The fourth-order valence-electron chi connectivity index (χ4n) is 4.56. The van der Waals surface area contributed by atoms with Crippen LogP contribution in [0, 0.1) is 0 Å². The molecule has 0 unspecified atom stereocenters. The van der Waals surface area contributed by atoms with Crippen LogP contribution in [0.3, 0.4) is 0 Å². The van der Waals surface area contributed by atoms with E-state index in [2.05, 4.69) is 10.6 Å². The highest BCUT2D eigenvalue weighted by Crippen LogP contribution is 2.08. The van der Waals surface area contributed by atoms with Crippen LogP contribution in [0.25, 0.3) is 0 Å². The number of hydrogen-bond donors (Lipinski definition) is 2. The summed E-state index contributed by atoms with van der Waals surface area (Å²) in [5, 5.41) is 5.49. The number of rotatable bonds is 16. The van der Waals surface area contributed by atoms with E-state index in [1.807, 2.05) is 121 Å². The monoisotopic (exact) mass is 650 g/mol. The van der Waals surface area contributed by atoms with Crippen molar-refractivity contribution in [3.63, 3.8) is 0 Å². The van der Waals surface area contributed by atoms with Gasteiger partial charge < -0.3 is 29.6 Å². The van der Waals surface area contributed by atoms with Crippen LogP contribution in [0.2, 0.25) is 0 Å². The topological polar surface area (TPSA) is 129 Å². The van der Waals surface area contributed by atoms with Gasteiger partial charge in [0.1, 0.15) is 26.4 Å². The number of alkyl carbamates (subject to hydrolysis) is 2. The molecule has 248 valence electrons. The van der Waals surface area contributed by atoms with Gasteiger partial charge in [-0.25, -0.2) is 19.2 Å². The van der Waals surface area contributed by atoms with Gasteiger partial charge >= 0.3 is 24.1 Å². The Hall–Kier alpha value is -5.90. The van der Waals surface area contributed by atoms with Crippen molar-refractivity contribution >= 4 is 24.1 Å². The van der Waals surface area contributed by atoms with E-state index in [4.69, 9.17) is 18.9 Å². The van der Waals surface area contributed by atoms with Gasteiger partial charge in [0.2, 0.25) is 0 Å². The van der Waals surface area contributed by atoms with Gasteiger partial charge in [0.15, 0.2) is 0 Å². The van der Waals surface area contributed by atoms with Crippen LogP contribution >= 0.6 is 0 Å². The second-order valence-electron chi connectivity index (χ2n) is 10.8. The zero-order valence-corrected chi connectivity index (χ0v) is 26.4. The molecule has 2 atom stereocenters. The van der Waals surface area contributed by atoms with Gasteiger partial charge in [0.05, 0.1) is 12.1 Å². The Morgan fingerprint density at radius 3 is 1.10 bits per heavy atom. The third-order valence-electron chi connectivity index (χ3n) is 6.93. The molecule has 0 bridgehead atoms. The molecule has 0 aromatic heterocycles. The Morgan fingerprint density at radius 1 is 0.458 bits per heavy atom. The molecule has 0 radical (unpaired) electrons. The van der Waals surface area contributed by atoms with E-state index in [1.165, 1.54) is 0 Å². The molecule has 2 amide bonds. The van der Waals surface area contributed by atoms with E-state index in [-0.39, 0.29) is 26.4 Å². The predicted octanol–water partition coefficient (Wildman–Crippen LogP) is 5.70. The van der Waals surface area contributed by atoms with Gasteiger partial charge in [-0.3, -0.25) is 0 Å². The molecule has 0 aliphatic rings. The molecule has 0 heterocycles. The molecule has 0 fully saturated rings. The molecule has 0 aliphatic carbocycles. The first kappa shape index (κ1) is 35.0. The Kier molecular flexibility index (Phi) is 14.3. The molecule has 0 saturated carbocycles. The number of carbonyl (C=O) groups excluding carboxylic acids is 4. The Balaban J connectivity index is 1.26. The number of amides is 2. The molecule has 4 aromatic rings. The molecule has 10 heteroatoms. The average molecular weight is 651 g/mol. The van der Waals surface area contributed by atoms with Gasteiger partial charge in [-0.15, -0.1) is 0 Å². The van der Waals surface area contributed by atoms with Crippen LogP contribution in [0.4, 0.5) is 9.59 Å². The number of ether oxygens (including phenoxy) is 4. The summed E-state index contributed by atoms with van der Waals surface area (Å²) in [5.41, 5.74) is 3.51. The smallest absolute Gasteiger partial charge is 0.407 e. The van der Waals surface area contributed by atoms with Crippen LogP contribution in [-0.4, -0.2) is 49.4 Å². The highest BCUT2D eigenvalue weighted by Gasteiger charge is 2.18. The third-order valence-corrected chi connectivity index (χ3v) is 6.93. The Labute approximate surface area is 279 Å². The number of esters is 2. The zero-order chi connectivity index (χ0) is 33.8. The maximum Gasteiger partial charge on any atom is 0.407 e. The van der Waals surface area contributed by atoms with Crippen molar-refractivity contribution in [3.05, 3.63) is 156 Å². The summed E-state index contributed by atoms with van der Waals surface area (Å²) >= 11 is 0. The second-order valence-corrected chi connectivity index (χ2v) is 10.8. The number of nitrogens with one attached hydrogen (secondary N) is 2. The normalized spacial score (nSPS) is 11.9. The molecule has 2 N–H and O–H groups in total. The summed E-state index contributed by atoms with van der Waals surface area (Å²) in [7, 11) is 0. The first-order chi connectivity index (χ1) is 23.4. The van der Waals surface area contributed by atoms with Gasteiger partial charge in [-0.1, -0.05) is 121 Å².